The van der Waals surface area contributed by atoms with Crippen LogP contribution in [0.25, 0.3) is 0 Å². The number of nitrogens with zero attached hydrogens (tertiary/aromatic N) is 4. The van der Waals surface area contributed by atoms with Crippen LogP contribution in [-0.4, -0.2) is 71.5 Å². The van der Waals surface area contributed by atoms with Gasteiger partial charge in [-0.3, -0.25) is 4.79 Å². The van der Waals surface area contributed by atoms with Crippen molar-refractivity contribution in [3.63, 3.8) is 0 Å². The number of ether oxygens (including phenoxy) is 1. The van der Waals surface area contributed by atoms with Crippen molar-refractivity contribution in [1.82, 2.24) is 20.4 Å². The summed E-state index contributed by atoms with van der Waals surface area (Å²) in [6, 6.07) is 4.07. The standard InChI is InChI=1S/C18H29N5O2/c1-13-11-22(12-14(2)25-13)18(24)15(3)19-10-16-6-5-9-23(16)17-7-4-8-20-21-17/h4,7-8,13-16,19H,5-6,9-12H2,1-3H3/t13-,14-,15+,16-/m1/s1. The Hall–Kier alpha value is -1.73. The Morgan fingerprint density at radius 3 is 2.84 bits per heavy atom. The highest BCUT2D eigenvalue weighted by molar-refractivity contribution is 5.81. The van der Waals surface area contributed by atoms with Crippen LogP contribution in [0.4, 0.5) is 5.82 Å². The number of carbonyl (C=O) groups excluding carboxylic acids is 1. The summed E-state index contributed by atoms with van der Waals surface area (Å²) in [5.41, 5.74) is 0. The Labute approximate surface area is 149 Å². The zero-order valence-corrected chi connectivity index (χ0v) is 15.4. The van der Waals surface area contributed by atoms with E-state index in [4.69, 9.17) is 4.74 Å². The van der Waals surface area contributed by atoms with Gasteiger partial charge < -0.3 is 19.9 Å². The van der Waals surface area contributed by atoms with Gasteiger partial charge in [0.2, 0.25) is 5.91 Å². The summed E-state index contributed by atoms with van der Waals surface area (Å²) in [5, 5.41) is 11.6. The average Bonchev–Trinajstić information content (AvgIpc) is 3.07. The predicted octanol–water partition coefficient (Wildman–Crippen LogP) is 1.06. The van der Waals surface area contributed by atoms with Crippen LogP contribution in [0.3, 0.4) is 0 Å². The van der Waals surface area contributed by atoms with Crippen LogP contribution in [0.1, 0.15) is 33.6 Å². The van der Waals surface area contributed by atoms with Gasteiger partial charge in [-0.05, 0) is 45.7 Å². The molecule has 0 saturated carbocycles. The molecule has 7 heteroatoms. The first kappa shape index (κ1) is 18.1. The molecule has 3 rings (SSSR count). The number of aromatic nitrogens is 2. The molecule has 2 aliphatic heterocycles. The molecule has 2 saturated heterocycles. The van der Waals surface area contributed by atoms with Crippen molar-refractivity contribution in [1.29, 1.82) is 0 Å². The summed E-state index contributed by atoms with van der Waals surface area (Å²) >= 11 is 0. The third-order valence-corrected chi connectivity index (χ3v) is 4.99. The predicted molar refractivity (Wildman–Crippen MR) is 96.5 cm³/mol. The fourth-order valence-electron chi connectivity index (χ4n) is 3.83. The number of hydrogen-bond donors (Lipinski definition) is 1. The van der Waals surface area contributed by atoms with Crippen molar-refractivity contribution in [2.45, 2.75) is 57.9 Å². The van der Waals surface area contributed by atoms with Crippen LogP contribution in [-0.2, 0) is 9.53 Å². The molecule has 0 bridgehead atoms. The first-order chi connectivity index (χ1) is 12.0. The minimum Gasteiger partial charge on any atom is -0.372 e. The van der Waals surface area contributed by atoms with Gasteiger partial charge in [-0.25, -0.2) is 0 Å². The summed E-state index contributed by atoms with van der Waals surface area (Å²) in [7, 11) is 0. The van der Waals surface area contributed by atoms with Gasteiger partial charge >= 0.3 is 0 Å². The second kappa shape index (κ2) is 8.10. The van der Waals surface area contributed by atoms with Crippen LogP contribution in [0.15, 0.2) is 18.3 Å². The van der Waals surface area contributed by atoms with E-state index >= 15 is 0 Å². The van der Waals surface area contributed by atoms with Crippen molar-refractivity contribution in [3.8, 4) is 0 Å². The van der Waals surface area contributed by atoms with E-state index in [1.54, 1.807) is 6.20 Å². The van der Waals surface area contributed by atoms with Gasteiger partial charge in [0.05, 0.1) is 18.2 Å². The molecule has 7 nitrogen and oxygen atoms in total. The maximum absolute atomic E-state index is 12.7. The molecule has 1 amide bonds. The van der Waals surface area contributed by atoms with Gasteiger partial charge in [-0.1, -0.05) is 0 Å². The minimum atomic E-state index is -0.193. The molecule has 0 aromatic carbocycles. The van der Waals surface area contributed by atoms with E-state index in [-0.39, 0.29) is 24.2 Å². The van der Waals surface area contributed by atoms with Gasteiger partial charge in [0, 0.05) is 38.4 Å². The Bertz CT molecular complexity index is 560. The number of amides is 1. The van der Waals surface area contributed by atoms with E-state index in [0.717, 1.165) is 31.7 Å². The topological polar surface area (TPSA) is 70.6 Å². The van der Waals surface area contributed by atoms with Gasteiger partial charge in [0.15, 0.2) is 5.82 Å². The third kappa shape index (κ3) is 4.46. The van der Waals surface area contributed by atoms with E-state index < -0.39 is 0 Å². The summed E-state index contributed by atoms with van der Waals surface area (Å²) < 4.78 is 5.72. The van der Waals surface area contributed by atoms with E-state index in [9.17, 15) is 4.79 Å². The quantitative estimate of drug-likeness (QED) is 0.859. The van der Waals surface area contributed by atoms with Crippen molar-refractivity contribution >= 4 is 11.7 Å². The molecule has 4 atom stereocenters. The molecule has 1 N–H and O–H groups in total. The first-order valence-electron chi connectivity index (χ1n) is 9.26. The molecule has 0 unspecified atom stereocenters. The third-order valence-electron chi connectivity index (χ3n) is 4.99. The Morgan fingerprint density at radius 2 is 2.16 bits per heavy atom. The Balaban J connectivity index is 1.53. The average molecular weight is 347 g/mol. The molecule has 2 fully saturated rings. The lowest BCUT2D eigenvalue weighted by Crippen LogP contribution is -2.54. The molecular formula is C18H29N5O2. The molecule has 0 spiro atoms. The van der Waals surface area contributed by atoms with Crippen molar-refractivity contribution in [2.24, 2.45) is 0 Å². The molecule has 0 aliphatic carbocycles. The largest absolute Gasteiger partial charge is 0.372 e. The molecule has 2 aliphatic rings. The van der Waals surface area contributed by atoms with Gasteiger partial charge in [0.1, 0.15) is 0 Å². The van der Waals surface area contributed by atoms with E-state index in [1.807, 2.05) is 37.8 Å². The summed E-state index contributed by atoms with van der Waals surface area (Å²) in [6.07, 6.45) is 4.14. The maximum atomic E-state index is 12.7. The fourth-order valence-corrected chi connectivity index (χ4v) is 3.83. The van der Waals surface area contributed by atoms with Crippen LogP contribution in [0.2, 0.25) is 0 Å². The second-order valence-electron chi connectivity index (χ2n) is 7.20. The lowest BCUT2D eigenvalue weighted by atomic mass is 10.1. The number of hydrogen-bond acceptors (Lipinski definition) is 6. The van der Waals surface area contributed by atoms with Gasteiger partial charge in [-0.2, -0.15) is 5.10 Å². The Kier molecular flexibility index (Phi) is 5.86. The van der Waals surface area contributed by atoms with Gasteiger partial charge in [0.25, 0.3) is 0 Å². The molecule has 3 heterocycles. The molecule has 1 aromatic rings. The van der Waals surface area contributed by atoms with E-state index in [2.05, 4.69) is 20.4 Å². The van der Waals surface area contributed by atoms with Crippen LogP contribution in [0, 0.1) is 0 Å². The van der Waals surface area contributed by atoms with Crippen LogP contribution >= 0.6 is 0 Å². The van der Waals surface area contributed by atoms with Crippen molar-refractivity contribution in [3.05, 3.63) is 18.3 Å². The van der Waals surface area contributed by atoms with E-state index in [0.29, 0.717) is 19.1 Å². The molecule has 138 valence electrons. The summed E-state index contributed by atoms with van der Waals surface area (Å²) in [4.78, 5) is 16.9. The van der Waals surface area contributed by atoms with Crippen LogP contribution < -0.4 is 10.2 Å². The number of nitrogens with one attached hydrogen (secondary N) is 1. The highest BCUT2D eigenvalue weighted by atomic mass is 16.5. The maximum Gasteiger partial charge on any atom is 0.239 e. The molecular weight excluding hydrogens is 318 g/mol. The lowest BCUT2D eigenvalue weighted by molar-refractivity contribution is -0.144. The summed E-state index contributed by atoms with van der Waals surface area (Å²) in [6.45, 7) is 9.10. The highest BCUT2D eigenvalue weighted by Gasteiger charge is 2.30. The van der Waals surface area contributed by atoms with E-state index in [1.165, 1.54) is 0 Å². The fraction of sp³-hybridized carbons (Fsp3) is 0.722. The Morgan fingerprint density at radius 1 is 1.40 bits per heavy atom. The summed E-state index contributed by atoms with van der Waals surface area (Å²) in [5.74, 6) is 1.08. The monoisotopic (exact) mass is 347 g/mol. The smallest absolute Gasteiger partial charge is 0.239 e. The molecule has 0 radical (unpaired) electrons. The minimum absolute atomic E-state index is 0.0990. The SMILES string of the molecule is C[C@@H]1CN(C(=O)[C@H](C)NC[C@H]2CCCN2c2cccnn2)C[C@@H](C)O1. The number of carbonyl (C=O) groups is 1. The van der Waals surface area contributed by atoms with Gasteiger partial charge in [-0.15, -0.1) is 5.10 Å². The zero-order valence-electron chi connectivity index (χ0n) is 15.4. The second-order valence-corrected chi connectivity index (χ2v) is 7.20. The lowest BCUT2D eigenvalue weighted by Gasteiger charge is -2.37. The zero-order chi connectivity index (χ0) is 17.8. The number of anilines is 1. The van der Waals surface area contributed by atoms with Crippen molar-refractivity contribution in [2.75, 3.05) is 31.1 Å². The normalized spacial score (nSPS) is 28.2. The first-order valence-corrected chi connectivity index (χ1v) is 9.26. The molecule has 1 aromatic heterocycles. The highest BCUT2D eigenvalue weighted by Crippen LogP contribution is 2.22. The van der Waals surface area contributed by atoms with Crippen LogP contribution in [0.5, 0.6) is 0 Å². The number of rotatable bonds is 5. The number of morpholine rings is 1. The molecule has 25 heavy (non-hydrogen) atoms. The van der Waals surface area contributed by atoms with Crippen molar-refractivity contribution < 1.29 is 9.53 Å².